The van der Waals surface area contributed by atoms with Crippen LogP contribution >= 0.6 is 11.6 Å². The molecule has 3 aliphatic carbocycles. The number of amides is 3. The number of hydrogen-bond donors (Lipinski definition) is 5. The normalized spacial score (nSPS) is 20.1. The summed E-state index contributed by atoms with van der Waals surface area (Å²) in [5.41, 5.74) is -0.185. The summed E-state index contributed by atoms with van der Waals surface area (Å²) in [6, 6.07) is 12.8. The molecule has 0 unspecified atom stereocenters. The van der Waals surface area contributed by atoms with Crippen LogP contribution in [0.1, 0.15) is 60.9 Å². The minimum absolute atomic E-state index is 0.00243. The van der Waals surface area contributed by atoms with E-state index in [1.54, 1.807) is 24.3 Å². The second-order valence-electron chi connectivity index (χ2n) is 13.8. The third kappa shape index (κ3) is 9.67. The van der Waals surface area contributed by atoms with E-state index in [0.717, 1.165) is 35.6 Å². The summed E-state index contributed by atoms with van der Waals surface area (Å²) in [6.45, 7) is -1.46. The number of halogens is 4. The molecule has 3 amide bonds. The van der Waals surface area contributed by atoms with E-state index in [1.807, 2.05) is 12.1 Å². The van der Waals surface area contributed by atoms with Crippen molar-refractivity contribution < 1.29 is 40.7 Å². The zero-order valence-electron chi connectivity index (χ0n) is 29.3. The first kappa shape index (κ1) is 39.0. The monoisotopic (exact) mass is 793 g/mol. The highest BCUT2D eigenvalue weighted by molar-refractivity contribution is 7.87. The number of nitrogens with one attached hydrogen (secondary N) is 5. The van der Waals surface area contributed by atoms with Gasteiger partial charge in [-0.2, -0.15) is 40.8 Å². The molecule has 3 saturated carbocycles. The van der Waals surface area contributed by atoms with Crippen LogP contribution in [0.4, 0.5) is 30.8 Å². The van der Waals surface area contributed by atoms with Crippen molar-refractivity contribution in [3.8, 4) is 6.01 Å². The molecule has 1 aromatic heterocycles. The third-order valence-electron chi connectivity index (χ3n) is 9.42. The zero-order valence-corrected chi connectivity index (χ0v) is 30.9. The van der Waals surface area contributed by atoms with Gasteiger partial charge in [-0.15, -0.1) is 0 Å². The van der Waals surface area contributed by atoms with Gasteiger partial charge >= 0.3 is 22.4 Å². The smallest absolute Gasteiger partial charge is 0.422 e. The van der Waals surface area contributed by atoms with Crippen molar-refractivity contribution in [1.82, 2.24) is 34.6 Å². The Kier molecular flexibility index (Phi) is 10.9. The van der Waals surface area contributed by atoms with Gasteiger partial charge in [0.15, 0.2) is 6.61 Å². The standard InChI is InChI=1S/C34H39ClF3N9O6S/c1-47(2)54(51,52)46-28(50)33(18-25(33)20-5-6-20)44-26(48)4-3-17-39-27(49)21-7-13-24(14-8-21)40-29-41-30(43-31(42-29)53-19-34(36,37)38)45-32(15-16-32)22-9-11-23(35)12-10-22/h7-14,20,25H,3-6,15-19H2,1-2H3,(H,39,49)(H,44,48)(H,46,50)(H2,40,41,42,43,45)/t25-,33+/m0/s1. The first-order valence-corrected chi connectivity index (χ1v) is 19.0. The Balaban J connectivity index is 1.02. The Bertz CT molecular complexity index is 2000. The van der Waals surface area contributed by atoms with Gasteiger partial charge < -0.3 is 26.0 Å². The van der Waals surface area contributed by atoms with Gasteiger partial charge in [-0.3, -0.25) is 14.4 Å². The minimum atomic E-state index is -4.62. The summed E-state index contributed by atoms with van der Waals surface area (Å²) >= 11 is 6.03. The Morgan fingerprint density at radius 1 is 0.981 bits per heavy atom. The average molecular weight is 794 g/mol. The minimum Gasteiger partial charge on any atom is -0.454 e. The molecule has 1 heterocycles. The summed E-state index contributed by atoms with van der Waals surface area (Å²) < 4.78 is 71.0. The van der Waals surface area contributed by atoms with Crippen LogP contribution in [-0.4, -0.2) is 84.4 Å². The number of rotatable bonds is 17. The van der Waals surface area contributed by atoms with Gasteiger partial charge in [0.25, 0.3) is 11.8 Å². The van der Waals surface area contributed by atoms with Crippen LogP contribution in [0, 0.1) is 11.8 Å². The first-order valence-electron chi connectivity index (χ1n) is 17.2. The molecule has 20 heteroatoms. The van der Waals surface area contributed by atoms with E-state index in [9.17, 15) is 36.0 Å². The molecule has 15 nitrogen and oxygen atoms in total. The average Bonchev–Trinajstić information content (AvgIpc) is 3.98. The van der Waals surface area contributed by atoms with Gasteiger partial charge in [-0.25, -0.2) is 4.72 Å². The molecule has 290 valence electrons. The van der Waals surface area contributed by atoms with E-state index < -0.39 is 57.8 Å². The Hall–Kier alpha value is -4.75. The molecule has 3 aliphatic rings. The highest BCUT2D eigenvalue weighted by Crippen LogP contribution is 2.57. The fourth-order valence-electron chi connectivity index (χ4n) is 6.09. The molecule has 3 fully saturated rings. The first-order chi connectivity index (χ1) is 25.5. The number of nitrogens with zero attached hydrogens (tertiary/aromatic N) is 4. The summed E-state index contributed by atoms with van der Waals surface area (Å²) in [6.07, 6.45) is -0.711. The van der Waals surface area contributed by atoms with E-state index in [0.29, 0.717) is 22.7 Å². The Morgan fingerprint density at radius 2 is 1.65 bits per heavy atom. The number of alkyl halides is 3. The largest absolute Gasteiger partial charge is 0.454 e. The van der Waals surface area contributed by atoms with Gasteiger partial charge in [0.05, 0.1) is 5.54 Å². The molecule has 2 aromatic carbocycles. The molecule has 54 heavy (non-hydrogen) atoms. The molecule has 5 N–H and O–H groups in total. The molecule has 0 spiro atoms. The van der Waals surface area contributed by atoms with E-state index in [2.05, 4.69) is 40.9 Å². The van der Waals surface area contributed by atoms with Crippen molar-refractivity contribution >= 4 is 57.1 Å². The van der Waals surface area contributed by atoms with Crippen molar-refractivity contribution in [2.75, 3.05) is 37.9 Å². The molecule has 3 aromatic rings. The Labute approximate surface area is 314 Å². The molecule has 0 aliphatic heterocycles. The maximum absolute atomic E-state index is 13.0. The van der Waals surface area contributed by atoms with E-state index in [4.69, 9.17) is 16.3 Å². The van der Waals surface area contributed by atoms with E-state index in [1.165, 1.54) is 26.2 Å². The number of benzene rings is 2. The zero-order chi connectivity index (χ0) is 38.9. The molecular weight excluding hydrogens is 755 g/mol. The predicted molar refractivity (Wildman–Crippen MR) is 191 cm³/mol. The van der Waals surface area contributed by atoms with Crippen molar-refractivity contribution in [3.05, 3.63) is 64.7 Å². The van der Waals surface area contributed by atoms with Gasteiger partial charge in [-0.05, 0) is 92.3 Å². The van der Waals surface area contributed by atoms with Crippen LogP contribution in [0.15, 0.2) is 48.5 Å². The van der Waals surface area contributed by atoms with Crippen molar-refractivity contribution in [3.63, 3.8) is 0 Å². The van der Waals surface area contributed by atoms with Crippen molar-refractivity contribution in [1.29, 1.82) is 0 Å². The summed E-state index contributed by atoms with van der Waals surface area (Å²) in [5.74, 6) is -1.56. The molecule has 2 atom stereocenters. The number of carbonyl (C=O) groups excluding carboxylic acids is 3. The highest BCUT2D eigenvalue weighted by Gasteiger charge is 2.66. The van der Waals surface area contributed by atoms with Gasteiger partial charge in [-0.1, -0.05) is 23.7 Å². The SMILES string of the molecule is CN(C)S(=O)(=O)NC(=O)[C@@]1(NC(=O)CCCNC(=O)c2ccc(Nc3nc(NC4(c5ccc(Cl)cc5)CC4)nc(OCC(F)(F)F)n3)cc2)C[C@H]1C1CC1. The predicted octanol–water partition coefficient (Wildman–Crippen LogP) is 4.03. The lowest BCUT2D eigenvalue weighted by Gasteiger charge is -2.21. The van der Waals surface area contributed by atoms with Gasteiger partial charge in [0.1, 0.15) is 5.54 Å². The molecular formula is C34H39ClF3N9O6S. The van der Waals surface area contributed by atoms with Crippen LogP contribution < -0.4 is 30.7 Å². The van der Waals surface area contributed by atoms with Crippen LogP contribution in [0.3, 0.4) is 0 Å². The lowest BCUT2D eigenvalue weighted by atomic mass is 10.1. The number of aromatic nitrogens is 3. The van der Waals surface area contributed by atoms with E-state index >= 15 is 0 Å². The maximum Gasteiger partial charge on any atom is 0.422 e. The maximum atomic E-state index is 13.0. The van der Waals surface area contributed by atoms with Crippen LogP contribution in [0.5, 0.6) is 6.01 Å². The van der Waals surface area contributed by atoms with Crippen molar-refractivity contribution in [2.45, 2.75) is 62.2 Å². The van der Waals surface area contributed by atoms with Crippen molar-refractivity contribution in [2.24, 2.45) is 11.8 Å². The molecule has 0 bridgehead atoms. The number of hydrogen-bond acceptors (Lipinski definition) is 11. The fourth-order valence-corrected chi connectivity index (χ4v) is 6.81. The van der Waals surface area contributed by atoms with Crippen LogP contribution in [0.2, 0.25) is 5.02 Å². The fraction of sp³-hybridized carbons (Fsp3) is 0.471. The van der Waals surface area contributed by atoms with Crippen LogP contribution in [0.25, 0.3) is 0 Å². The molecule has 0 saturated heterocycles. The number of ether oxygens (including phenoxy) is 1. The van der Waals surface area contributed by atoms with Gasteiger partial charge in [0, 0.05) is 43.3 Å². The highest BCUT2D eigenvalue weighted by atomic mass is 35.5. The third-order valence-corrected chi connectivity index (χ3v) is 11.1. The lowest BCUT2D eigenvalue weighted by Crippen LogP contribution is -2.54. The summed E-state index contributed by atoms with van der Waals surface area (Å²) in [4.78, 5) is 51.0. The van der Waals surface area contributed by atoms with Crippen LogP contribution in [-0.2, 0) is 25.3 Å². The molecule has 0 radical (unpaired) electrons. The topological polar surface area (TPSA) is 197 Å². The quantitative estimate of drug-likeness (QED) is 0.124. The summed E-state index contributed by atoms with van der Waals surface area (Å²) in [5, 5.41) is 12.2. The lowest BCUT2D eigenvalue weighted by molar-refractivity contribution is -0.154. The number of carbonyl (C=O) groups is 3. The number of anilines is 3. The Morgan fingerprint density at radius 3 is 2.26 bits per heavy atom. The second kappa shape index (κ2) is 15.2. The van der Waals surface area contributed by atoms with E-state index in [-0.39, 0.29) is 43.1 Å². The second-order valence-corrected chi connectivity index (χ2v) is 16.2. The van der Waals surface area contributed by atoms with Gasteiger partial charge in [0.2, 0.25) is 17.8 Å². The molecule has 6 rings (SSSR count). The summed E-state index contributed by atoms with van der Waals surface area (Å²) in [7, 11) is -1.44.